The molecule has 4 aromatic rings. The van der Waals surface area contributed by atoms with E-state index in [1.165, 1.54) is 6.20 Å². The summed E-state index contributed by atoms with van der Waals surface area (Å²) in [5, 5.41) is 4.10. The van der Waals surface area contributed by atoms with Crippen LogP contribution < -0.4 is 14.8 Å². The molecule has 1 heterocycles. The van der Waals surface area contributed by atoms with Crippen molar-refractivity contribution in [3.8, 4) is 17.4 Å². The zero-order chi connectivity index (χ0) is 22.7. The summed E-state index contributed by atoms with van der Waals surface area (Å²) < 4.78 is 11.5. The minimum atomic E-state index is -0.741. The summed E-state index contributed by atoms with van der Waals surface area (Å²) in [7, 11) is 0. The van der Waals surface area contributed by atoms with Crippen molar-refractivity contribution in [2.24, 2.45) is 0 Å². The van der Waals surface area contributed by atoms with Crippen LogP contribution >= 0.6 is 34.8 Å². The van der Waals surface area contributed by atoms with Crippen molar-refractivity contribution in [2.45, 2.75) is 13.0 Å². The summed E-state index contributed by atoms with van der Waals surface area (Å²) in [5.41, 5.74) is 1.89. The van der Waals surface area contributed by atoms with Crippen LogP contribution in [0.4, 0.5) is 5.69 Å². The van der Waals surface area contributed by atoms with Crippen molar-refractivity contribution in [3.63, 3.8) is 0 Å². The van der Waals surface area contributed by atoms with Gasteiger partial charge in [0.2, 0.25) is 5.88 Å². The molecular weight excluding hydrogens is 473 g/mol. The van der Waals surface area contributed by atoms with Crippen LogP contribution in [-0.2, 0) is 4.79 Å². The average molecular weight is 489 g/mol. The van der Waals surface area contributed by atoms with Crippen molar-refractivity contribution in [1.29, 1.82) is 0 Å². The molecule has 1 aromatic heterocycles. The van der Waals surface area contributed by atoms with Gasteiger partial charge in [-0.2, -0.15) is 0 Å². The Hall–Kier alpha value is -3.06. The highest BCUT2D eigenvalue weighted by Crippen LogP contribution is 2.26. The predicted octanol–water partition coefficient (Wildman–Crippen LogP) is 6.79. The fourth-order valence-electron chi connectivity index (χ4n) is 2.80. The lowest BCUT2D eigenvalue weighted by Crippen LogP contribution is -2.30. The molecule has 4 rings (SSSR count). The van der Waals surface area contributed by atoms with Crippen LogP contribution in [-0.4, -0.2) is 22.0 Å². The Bertz CT molecular complexity index is 1280. The van der Waals surface area contributed by atoms with Gasteiger partial charge in [-0.05, 0) is 67.6 Å². The summed E-state index contributed by atoms with van der Waals surface area (Å²) >= 11 is 17.8. The van der Waals surface area contributed by atoms with E-state index in [9.17, 15) is 4.79 Å². The second-order valence-corrected chi connectivity index (χ2v) is 8.04. The molecule has 1 N–H and O–H groups in total. The summed E-state index contributed by atoms with van der Waals surface area (Å²) in [6.07, 6.45) is 0.785. The third-order valence-electron chi connectivity index (χ3n) is 4.40. The normalized spacial score (nSPS) is 11.8. The van der Waals surface area contributed by atoms with Crippen LogP contribution in [0.2, 0.25) is 15.1 Å². The minimum Gasteiger partial charge on any atom is -0.481 e. The molecule has 0 fully saturated rings. The quantitative estimate of drug-likeness (QED) is 0.323. The summed E-state index contributed by atoms with van der Waals surface area (Å²) in [5.74, 6) is 1.08. The smallest absolute Gasteiger partial charge is 0.265 e. The number of halogens is 3. The highest BCUT2D eigenvalue weighted by molar-refractivity contribution is 6.42. The molecule has 0 spiro atoms. The van der Waals surface area contributed by atoms with Crippen LogP contribution in [0, 0.1) is 0 Å². The van der Waals surface area contributed by atoms with Crippen LogP contribution in [0.1, 0.15) is 6.92 Å². The molecule has 0 saturated heterocycles. The van der Waals surface area contributed by atoms with Gasteiger partial charge in [0.15, 0.2) is 6.10 Å². The monoisotopic (exact) mass is 487 g/mol. The molecule has 0 aliphatic heterocycles. The van der Waals surface area contributed by atoms with E-state index in [-0.39, 0.29) is 5.91 Å². The molecule has 0 radical (unpaired) electrons. The molecule has 0 saturated carbocycles. The zero-order valence-corrected chi connectivity index (χ0v) is 18.9. The third-order valence-corrected chi connectivity index (χ3v) is 5.37. The van der Waals surface area contributed by atoms with Gasteiger partial charge in [-0.15, -0.1) is 0 Å². The molecule has 1 atom stereocenters. The number of fused-ring (bicyclic) bond motifs is 1. The number of nitrogens with one attached hydrogen (secondary N) is 1. The minimum absolute atomic E-state index is 0.324. The lowest BCUT2D eigenvalue weighted by molar-refractivity contribution is -0.122. The maximum absolute atomic E-state index is 12.4. The number of nitrogens with zero attached hydrogens (tertiary/aromatic N) is 2. The molecule has 6 nitrogen and oxygen atoms in total. The van der Waals surface area contributed by atoms with E-state index < -0.39 is 6.10 Å². The number of amides is 1. The zero-order valence-electron chi connectivity index (χ0n) is 16.7. The SMILES string of the molecule is CC(Oc1ccc(Oc2cnc3cc(Cl)ccc3n2)cc1)C(=O)Nc1ccc(Cl)c(Cl)c1. The maximum atomic E-state index is 12.4. The molecular formula is C23H16Cl3N3O3. The van der Waals surface area contributed by atoms with E-state index in [2.05, 4.69) is 15.3 Å². The van der Waals surface area contributed by atoms with Gasteiger partial charge in [0.25, 0.3) is 5.91 Å². The van der Waals surface area contributed by atoms with Gasteiger partial charge < -0.3 is 14.8 Å². The Morgan fingerprint density at radius 2 is 1.66 bits per heavy atom. The molecule has 162 valence electrons. The van der Waals surface area contributed by atoms with Crippen LogP contribution in [0.15, 0.2) is 66.9 Å². The fraction of sp³-hybridized carbons (Fsp3) is 0.0870. The maximum Gasteiger partial charge on any atom is 0.265 e. The highest BCUT2D eigenvalue weighted by Gasteiger charge is 2.15. The van der Waals surface area contributed by atoms with Gasteiger partial charge in [0.1, 0.15) is 11.5 Å². The first-order valence-corrected chi connectivity index (χ1v) is 10.6. The third kappa shape index (κ3) is 5.40. The second kappa shape index (κ2) is 9.61. The number of hydrogen-bond donors (Lipinski definition) is 1. The largest absolute Gasteiger partial charge is 0.481 e. The number of carbonyl (C=O) groups excluding carboxylic acids is 1. The van der Waals surface area contributed by atoms with Crippen molar-refractivity contribution in [1.82, 2.24) is 9.97 Å². The van der Waals surface area contributed by atoms with Crippen molar-refractivity contribution >= 4 is 57.4 Å². The number of benzene rings is 3. The molecule has 9 heteroatoms. The molecule has 32 heavy (non-hydrogen) atoms. The van der Waals surface area contributed by atoms with Gasteiger partial charge in [0.05, 0.1) is 27.3 Å². The standard InChI is InChI=1S/C23H16Cl3N3O3/c1-13(23(30)28-15-3-8-18(25)19(26)11-15)31-16-4-6-17(7-5-16)32-22-12-27-21-10-14(24)2-9-20(21)29-22/h2-13H,1H3,(H,28,30). The Kier molecular flexibility index (Phi) is 6.65. The number of hydrogen-bond acceptors (Lipinski definition) is 5. The van der Waals surface area contributed by atoms with E-state index in [0.717, 1.165) is 0 Å². The molecule has 0 aliphatic carbocycles. The van der Waals surface area contributed by atoms with Crippen molar-refractivity contribution in [2.75, 3.05) is 5.32 Å². The molecule has 1 amide bonds. The van der Waals surface area contributed by atoms with Gasteiger partial charge in [-0.25, -0.2) is 9.97 Å². The fourth-order valence-corrected chi connectivity index (χ4v) is 3.26. The van der Waals surface area contributed by atoms with E-state index in [0.29, 0.717) is 49.2 Å². The Morgan fingerprint density at radius 1 is 0.906 bits per heavy atom. The summed E-state index contributed by atoms with van der Waals surface area (Å²) in [6, 6.07) is 16.9. The summed E-state index contributed by atoms with van der Waals surface area (Å²) in [6.45, 7) is 1.65. The topological polar surface area (TPSA) is 73.3 Å². The van der Waals surface area contributed by atoms with E-state index >= 15 is 0 Å². The van der Waals surface area contributed by atoms with Crippen LogP contribution in [0.5, 0.6) is 17.4 Å². The van der Waals surface area contributed by atoms with E-state index in [1.807, 2.05) is 0 Å². The average Bonchev–Trinajstić information content (AvgIpc) is 2.77. The molecule has 1 unspecified atom stereocenters. The van der Waals surface area contributed by atoms with Gasteiger partial charge in [0, 0.05) is 10.7 Å². The molecule has 3 aromatic carbocycles. The van der Waals surface area contributed by atoms with Gasteiger partial charge >= 0.3 is 0 Å². The Balaban J connectivity index is 1.37. The first-order chi connectivity index (χ1) is 15.4. The lowest BCUT2D eigenvalue weighted by atomic mass is 10.3. The van der Waals surface area contributed by atoms with Crippen molar-refractivity contribution in [3.05, 3.63) is 81.9 Å². The highest BCUT2D eigenvalue weighted by atomic mass is 35.5. The number of ether oxygens (including phenoxy) is 2. The van der Waals surface area contributed by atoms with Gasteiger partial charge in [-0.1, -0.05) is 34.8 Å². The first kappa shape index (κ1) is 22.1. The van der Waals surface area contributed by atoms with E-state index in [1.54, 1.807) is 67.6 Å². The number of rotatable bonds is 6. The number of carbonyl (C=O) groups is 1. The van der Waals surface area contributed by atoms with Gasteiger partial charge in [-0.3, -0.25) is 4.79 Å². The van der Waals surface area contributed by atoms with Crippen LogP contribution in [0.25, 0.3) is 11.0 Å². The Labute approximate surface area is 199 Å². The lowest BCUT2D eigenvalue weighted by Gasteiger charge is -2.15. The summed E-state index contributed by atoms with van der Waals surface area (Å²) in [4.78, 5) is 21.1. The molecule has 0 aliphatic rings. The van der Waals surface area contributed by atoms with Crippen molar-refractivity contribution < 1.29 is 14.3 Å². The number of aromatic nitrogens is 2. The van der Waals surface area contributed by atoms with E-state index in [4.69, 9.17) is 44.3 Å². The number of anilines is 1. The molecule has 0 bridgehead atoms. The second-order valence-electron chi connectivity index (χ2n) is 6.79. The van der Waals surface area contributed by atoms with Crippen LogP contribution in [0.3, 0.4) is 0 Å². The first-order valence-electron chi connectivity index (χ1n) is 9.50. The Morgan fingerprint density at radius 3 is 2.41 bits per heavy atom. The predicted molar refractivity (Wildman–Crippen MR) is 126 cm³/mol.